The van der Waals surface area contributed by atoms with Gasteiger partial charge in [-0.05, 0) is 36.8 Å². The third-order valence-corrected chi connectivity index (χ3v) is 4.62. The lowest BCUT2D eigenvalue weighted by Crippen LogP contribution is -2.21. The van der Waals surface area contributed by atoms with E-state index in [1.807, 2.05) is 67.6 Å². The highest BCUT2D eigenvalue weighted by Crippen LogP contribution is 2.21. The van der Waals surface area contributed by atoms with Gasteiger partial charge in [-0.3, -0.25) is 14.7 Å². The van der Waals surface area contributed by atoms with Gasteiger partial charge in [0, 0.05) is 11.3 Å². The molecule has 1 N–H and O–H groups in total. The fourth-order valence-corrected chi connectivity index (χ4v) is 3.25. The van der Waals surface area contributed by atoms with Crippen molar-refractivity contribution in [2.75, 3.05) is 0 Å². The minimum atomic E-state index is -0.329. The first-order valence-electron chi connectivity index (χ1n) is 8.47. The largest absolute Gasteiger partial charge is 0.295 e. The molecule has 128 valence electrons. The zero-order chi connectivity index (χ0) is 18.3. The van der Waals surface area contributed by atoms with Crippen LogP contribution in [-0.4, -0.2) is 15.6 Å². The maximum absolute atomic E-state index is 13.2. The Morgan fingerprint density at radius 1 is 0.885 bits per heavy atom. The Morgan fingerprint density at radius 3 is 2.35 bits per heavy atom. The molecule has 0 fully saturated rings. The van der Waals surface area contributed by atoms with Gasteiger partial charge in [0.25, 0.3) is 5.56 Å². The first-order chi connectivity index (χ1) is 12.6. The normalized spacial score (nSPS) is 11.0. The molecule has 0 unspecified atom stereocenters. The summed E-state index contributed by atoms with van der Waals surface area (Å²) in [7, 11) is 0. The highest BCUT2D eigenvalue weighted by molar-refractivity contribution is 6.16. The summed E-state index contributed by atoms with van der Waals surface area (Å²) in [6, 6.07) is 20.9. The molecule has 4 rings (SSSR count). The Bertz CT molecular complexity index is 1180. The van der Waals surface area contributed by atoms with Crippen LogP contribution in [0.2, 0.25) is 0 Å². The Morgan fingerprint density at radius 2 is 1.58 bits per heavy atom. The number of fused-ring (bicyclic) bond motifs is 1. The molecule has 3 aromatic carbocycles. The molecule has 4 heteroatoms. The predicted molar refractivity (Wildman–Crippen MR) is 103 cm³/mol. The lowest BCUT2D eigenvalue weighted by molar-refractivity contribution is 0.103. The van der Waals surface area contributed by atoms with Crippen molar-refractivity contribution in [3.05, 3.63) is 99.5 Å². The van der Waals surface area contributed by atoms with Crippen LogP contribution < -0.4 is 5.56 Å². The molecule has 0 spiro atoms. The van der Waals surface area contributed by atoms with E-state index < -0.39 is 0 Å². The van der Waals surface area contributed by atoms with Crippen molar-refractivity contribution in [3.63, 3.8) is 0 Å². The molecule has 0 aliphatic rings. The van der Waals surface area contributed by atoms with Crippen molar-refractivity contribution in [1.29, 1.82) is 0 Å². The number of rotatable bonds is 3. The van der Waals surface area contributed by atoms with Crippen molar-refractivity contribution >= 4 is 16.6 Å². The van der Waals surface area contributed by atoms with Crippen LogP contribution in [0.4, 0.5) is 0 Å². The molecule has 0 saturated carbocycles. The maximum Gasteiger partial charge on any atom is 0.282 e. The minimum absolute atomic E-state index is 0.182. The van der Waals surface area contributed by atoms with Gasteiger partial charge in [-0.2, -0.15) is 0 Å². The number of benzene rings is 3. The minimum Gasteiger partial charge on any atom is -0.295 e. The topological polar surface area (TPSA) is 54.9 Å². The van der Waals surface area contributed by atoms with Crippen molar-refractivity contribution in [1.82, 2.24) is 9.78 Å². The molecule has 0 aliphatic carbocycles. The van der Waals surface area contributed by atoms with E-state index in [4.69, 9.17) is 0 Å². The number of carbonyl (C=O) groups excluding carboxylic acids is 1. The van der Waals surface area contributed by atoms with Crippen molar-refractivity contribution in [2.45, 2.75) is 13.8 Å². The highest BCUT2D eigenvalue weighted by Gasteiger charge is 2.22. The van der Waals surface area contributed by atoms with Crippen LogP contribution in [0, 0.1) is 13.8 Å². The van der Waals surface area contributed by atoms with Crippen LogP contribution in [0.5, 0.6) is 0 Å². The van der Waals surface area contributed by atoms with Crippen molar-refractivity contribution in [3.8, 4) is 5.69 Å². The van der Waals surface area contributed by atoms with Gasteiger partial charge < -0.3 is 0 Å². The van der Waals surface area contributed by atoms with Gasteiger partial charge in [-0.15, -0.1) is 0 Å². The first-order valence-corrected chi connectivity index (χ1v) is 8.47. The second-order valence-electron chi connectivity index (χ2n) is 6.44. The molecule has 4 aromatic rings. The monoisotopic (exact) mass is 342 g/mol. The van der Waals surface area contributed by atoms with Crippen LogP contribution in [0.15, 0.2) is 71.5 Å². The van der Waals surface area contributed by atoms with Crippen LogP contribution in [0.25, 0.3) is 16.5 Å². The standard InChI is InChI=1S/C22H18N2O2/c1-14-10-12-17(13-11-14)24-22(26)20(15(2)23-24)21(25)19-9-5-7-16-6-3-4-8-18(16)19/h3-13,23H,1-2H3. The number of H-pyrrole nitrogens is 1. The van der Waals surface area contributed by atoms with Gasteiger partial charge >= 0.3 is 0 Å². The zero-order valence-corrected chi connectivity index (χ0v) is 14.6. The maximum atomic E-state index is 13.2. The average Bonchev–Trinajstić information content (AvgIpc) is 2.95. The third-order valence-electron chi connectivity index (χ3n) is 4.62. The van der Waals surface area contributed by atoms with Crippen LogP contribution in [-0.2, 0) is 0 Å². The number of aromatic amines is 1. The van der Waals surface area contributed by atoms with Gasteiger partial charge in [0.1, 0.15) is 5.56 Å². The Labute approximate surface area is 150 Å². The SMILES string of the molecule is Cc1ccc(-n2[nH]c(C)c(C(=O)c3cccc4ccccc34)c2=O)cc1. The Kier molecular flexibility index (Phi) is 3.81. The summed E-state index contributed by atoms with van der Waals surface area (Å²) >= 11 is 0. The lowest BCUT2D eigenvalue weighted by atomic mass is 9.97. The predicted octanol–water partition coefficient (Wildman–Crippen LogP) is 4.17. The zero-order valence-electron chi connectivity index (χ0n) is 14.6. The number of aromatic nitrogens is 2. The fourth-order valence-electron chi connectivity index (χ4n) is 3.25. The summed E-state index contributed by atoms with van der Waals surface area (Å²) in [6.07, 6.45) is 0. The van der Waals surface area contributed by atoms with E-state index in [2.05, 4.69) is 5.10 Å². The van der Waals surface area contributed by atoms with Gasteiger partial charge in [0.2, 0.25) is 5.78 Å². The molecule has 0 saturated heterocycles. The first kappa shape index (κ1) is 16.1. The molecule has 1 aromatic heterocycles. The average molecular weight is 342 g/mol. The van der Waals surface area contributed by atoms with E-state index in [0.717, 1.165) is 16.3 Å². The quantitative estimate of drug-likeness (QED) is 0.568. The van der Waals surface area contributed by atoms with Crippen LogP contribution >= 0.6 is 0 Å². The molecule has 0 radical (unpaired) electrons. The van der Waals surface area contributed by atoms with Crippen LogP contribution in [0.1, 0.15) is 27.2 Å². The summed E-state index contributed by atoms with van der Waals surface area (Å²) in [5.41, 5.74) is 2.77. The van der Waals surface area contributed by atoms with E-state index >= 15 is 0 Å². The number of nitrogens with zero attached hydrogens (tertiary/aromatic N) is 1. The number of aryl methyl sites for hydroxylation is 2. The van der Waals surface area contributed by atoms with Gasteiger partial charge in [-0.25, -0.2) is 4.68 Å². The summed E-state index contributed by atoms with van der Waals surface area (Å²) in [4.78, 5) is 26.1. The number of hydrogen-bond acceptors (Lipinski definition) is 2. The summed E-state index contributed by atoms with van der Waals surface area (Å²) < 4.78 is 1.42. The van der Waals surface area contributed by atoms with Crippen LogP contribution in [0.3, 0.4) is 0 Å². The Balaban J connectivity index is 1.87. The summed E-state index contributed by atoms with van der Waals surface area (Å²) in [5, 5.41) is 4.86. The highest BCUT2D eigenvalue weighted by atomic mass is 16.2. The van der Waals surface area contributed by atoms with Gasteiger partial charge in [0.15, 0.2) is 0 Å². The smallest absolute Gasteiger partial charge is 0.282 e. The number of hydrogen-bond donors (Lipinski definition) is 1. The Hall–Kier alpha value is -3.40. The number of nitrogens with one attached hydrogen (secondary N) is 1. The molecular formula is C22H18N2O2. The molecule has 0 aliphatic heterocycles. The van der Waals surface area contributed by atoms with E-state index in [0.29, 0.717) is 16.9 Å². The van der Waals surface area contributed by atoms with Gasteiger partial charge in [0.05, 0.1) is 5.69 Å². The van der Waals surface area contributed by atoms with E-state index in [-0.39, 0.29) is 16.9 Å². The molecule has 4 nitrogen and oxygen atoms in total. The molecule has 0 atom stereocenters. The van der Waals surface area contributed by atoms with Crippen molar-refractivity contribution in [2.24, 2.45) is 0 Å². The number of ketones is 1. The van der Waals surface area contributed by atoms with Crippen molar-refractivity contribution < 1.29 is 4.79 Å². The molecule has 1 heterocycles. The summed E-state index contributed by atoms with van der Waals surface area (Å²) in [6.45, 7) is 3.74. The second kappa shape index (κ2) is 6.15. The van der Waals surface area contributed by atoms with E-state index in [1.165, 1.54) is 4.68 Å². The molecular weight excluding hydrogens is 324 g/mol. The lowest BCUT2D eigenvalue weighted by Gasteiger charge is -2.04. The fraction of sp³-hybridized carbons (Fsp3) is 0.0909. The molecule has 0 amide bonds. The van der Waals surface area contributed by atoms with Gasteiger partial charge in [-0.1, -0.05) is 60.2 Å². The van der Waals surface area contributed by atoms with E-state index in [1.54, 1.807) is 13.0 Å². The number of carbonyl (C=O) groups is 1. The third kappa shape index (κ3) is 2.56. The molecule has 26 heavy (non-hydrogen) atoms. The summed E-state index contributed by atoms with van der Waals surface area (Å²) in [5.74, 6) is -0.258. The van der Waals surface area contributed by atoms with E-state index in [9.17, 15) is 9.59 Å². The second-order valence-corrected chi connectivity index (χ2v) is 6.44. The molecule has 0 bridgehead atoms.